The number of hydrogen-bond acceptors (Lipinski definition) is 5. The lowest BCUT2D eigenvalue weighted by molar-refractivity contribution is 0.102. The molecule has 164 valence electrons. The standard InChI is InChI=1S/C19H21F3N2O5S/c1-11(10-28-2)24-30(26,27)13-5-7-17(29-3)15(9-13)19(25)23-12-4-6-16(20)14(8-12)18(21)22/h4-9,11,18,24H,10H2,1-3H3,(H,23,25)/t11-/m1/s1. The third kappa shape index (κ3) is 5.71. The number of rotatable bonds is 9. The molecule has 2 rings (SSSR count). The molecule has 0 spiro atoms. The van der Waals surface area contributed by atoms with Crippen LogP contribution in [0.3, 0.4) is 0 Å². The molecule has 2 N–H and O–H groups in total. The highest BCUT2D eigenvalue weighted by Gasteiger charge is 2.22. The van der Waals surface area contributed by atoms with Crippen molar-refractivity contribution >= 4 is 21.6 Å². The maximum atomic E-state index is 13.4. The van der Waals surface area contributed by atoms with Crippen molar-refractivity contribution in [2.24, 2.45) is 0 Å². The molecule has 1 atom stereocenters. The average molecular weight is 446 g/mol. The second-order valence-electron chi connectivity index (χ2n) is 6.33. The van der Waals surface area contributed by atoms with Gasteiger partial charge in [-0.1, -0.05) is 0 Å². The van der Waals surface area contributed by atoms with Gasteiger partial charge in [0, 0.05) is 18.8 Å². The zero-order valence-corrected chi connectivity index (χ0v) is 17.2. The summed E-state index contributed by atoms with van der Waals surface area (Å²) in [5, 5.41) is 2.34. The molecule has 2 aromatic carbocycles. The predicted molar refractivity (Wildman–Crippen MR) is 104 cm³/mol. The van der Waals surface area contributed by atoms with E-state index in [1.807, 2.05) is 0 Å². The summed E-state index contributed by atoms with van der Waals surface area (Å²) < 4.78 is 76.7. The molecule has 0 aliphatic carbocycles. The van der Waals surface area contributed by atoms with Crippen molar-refractivity contribution < 1.29 is 35.9 Å². The van der Waals surface area contributed by atoms with Crippen LogP contribution in [-0.2, 0) is 14.8 Å². The monoisotopic (exact) mass is 446 g/mol. The second-order valence-corrected chi connectivity index (χ2v) is 8.04. The molecule has 0 radical (unpaired) electrons. The van der Waals surface area contributed by atoms with Crippen molar-refractivity contribution in [3.8, 4) is 5.75 Å². The van der Waals surface area contributed by atoms with Crippen molar-refractivity contribution in [2.45, 2.75) is 24.3 Å². The summed E-state index contributed by atoms with van der Waals surface area (Å²) in [5.74, 6) is -1.86. The maximum Gasteiger partial charge on any atom is 0.266 e. The van der Waals surface area contributed by atoms with Crippen molar-refractivity contribution in [2.75, 3.05) is 26.1 Å². The molecular formula is C19H21F3N2O5S. The molecule has 0 bridgehead atoms. The molecule has 0 aliphatic heterocycles. The summed E-state index contributed by atoms with van der Waals surface area (Å²) in [6, 6.07) is 5.83. The number of nitrogens with one attached hydrogen (secondary N) is 2. The molecule has 0 fully saturated rings. The van der Waals surface area contributed by atoms with Gasteiger partial charge < -0.3 is 14.8 Å². The van der Waals surface area contributed by atoms with E-state index in [1.165, 1.54) is 26.4 Å². The van der Waals surface area contributed by atoms with Crippen LogP contribution in [0.5, 0.6) is 5.75 Å². The summed E-state index contributed by atoms with van der Waals surface area (Å²) >= 11 is 0. The van der Waals surface area contributed by atoms with Gasteiger partial charge in [-0.05, 0) is 43.3 Å². The summed E-state index contributed by atoms with van der Waals surface area (Å²) in [4.78, 5) is 12.5. The van der Waals surface area contributed by atoms with Crippen molar-refractivity contribution in [1.29, 1.82) is 0 Å². The number of halogens is 3. The first kappa shape index (κ1) is 23.6. The second kappa shape index (κ2) is 9.92. The Morgan fingerprint density at radius 3 is 2.43 bits per heavy atom. The van der Waals surface area contributed by atoms with Gasteiger partial charge in [-0.2, -0.15) is 0 Å². The van der Waals surface area contributed by atoms with Crippen LogP contribution in [0.15, 0.2) is 41.3 Å². The molecular weight excluding hydrogens is 425 g/mol. The Bertz CT molecular complexity index is 1020. The molecule has 0 aliphatic rings. The Hall–Kier alpha value is -2.63. The van der Waals surface area contributed by atoms with Crippen molar-refractivity contribution in [3.63, 3.8) is 0 Å². The van der Waals surface area contributed by atoms with Gasteiger partial charge in [0.05, 0.1) is 29.7 Å². The quantitative estimate of drug-likeness (QED) is 0.616. The summed E-state index contributed by atoms with van der Waals surface area (Å²) in [5.41, 5.74) is -1.10. The SMILES string of the molecule is COC[C@@H](C)NS(=O)(=O)c1ccc(OC)c(C(=O)Nc2ccc(F)c(C(F)F)c2)c1. The molecule has 30 heavy (non-hydrogen) atoms. The van der Waals surface area contributed by atoms with Crippen LogP contribution in [0.2, 0.25) is 0 Å². The fourth-order valence-electron chi connectivity index (χ4n) is 2.64. The molecule has 0 saturated heterocycles. The lowest BCUT2D eigenvalue weighted by atomic mass is 10.1. The first-order valence-corrected chi connectivity index (χ1v) is 10.2. The minimum absolute atomic E-state index is 0.0626. The van der Waals surface area contributed by atoms with E-state index < -0.39 is 39.8 Å². The molecule has 0 aromatic heterocycles. The average Bonchev–Trinajstić information content (AvgIpc) is 2.68. The minimum Gasteiger partial charge on any atom is -0.496 e. The van der Waals surface area contributed by atoms with E-state index in [9.17, 15) is 26.4 Å². The highest BCUT2D eigenvalue weighted by molar-refractivity contribution is 7.89. The first-order valence-electron chi connectivity index (χ1n) is 8.67. The minimum atomic E-state index is -3.97. The lowest BCUT2D eigenvalue weighted by Crippen LogP contribution is -2.35. The topological polar surface area (TPSA) is 93.7 Å². The number of sulfonamides is 1. The van der Waals surface area contributed by atoms with Gasteiger partial charge in [0.2, 0.25) is 10.0 Å². The fourth-order valence-corrected chi connectivity index (χ4v) is 3.89. The zero-order valence-electron chi connectivity index (χ0n) is 16.4. The van der Waals surface area contributed by atoms with Gasteiger partial charge in [-0.25, -0.2) is 26.3 Å². The number of methoxy groups -OCH3 is 2. The molecule has 0 unspecified atom stereocenters. The summed E-state index contributed by atoms with van der Waals surface area (Å²) in [6.45, 7) is 1.74. The van der Waals surface area contributed by atoms with E-state index in [2.05, 4.69) is 10.0 Å². The van der Waals surface area contributed by atoms with E-state index in [-0.39, 0.29) is 28.5 Å². The van der Waals surface area contributed by atoms with Crippen LogP contribution in [0.1, 0.15) is 29.3 Å². The number of hydrogen-bond donors (Lipinski definition) is 2. The predicted octanol–water partition coefficient (Wildman–Crippen LogP) is 3.34. The Balaban J connectivity index is 2.35. The number of anilines is 1. The fraction of sp³-hybridized carbons (Fsp3) is 0.316. The molecule has 0 heterocycles. The number of carbonyl (C=O) groups is 1. The van der Waals surface area contributed by atoms with Gasteiger partial charge in [0.1, 0.15) is 11.6 Å². The molecule has 7 nitrogen and oxygen atoms in total. The van der Waals surface area contributed by atoms with Gasteiger partial charge >= 0.3 is 0 Å². The highest BCUT2D eigenvalue weighted by Crippen LogP contribution is 2.27. The van der Waals surface area contributed by atoms with Crippen LogP contribution in [-0.4, -0.2) is 41.2 Å². The van der Waals surface area contributed by atoms with Gasteiger partial charge in [-0.3, -0.25) is 4.79 Å². The third-order valence-corrected chi connectivity index (χ3v) is 5.58. The molecule has 2 aromatic rings. The van der Waals surface area contributed by atoms with E-state index in [1.54, 1.807) is 6.92 Å². The Morgan fingerprint density at radius 2 is 1.83 bits per heavy atom. The van der Waals surface area contributed by atoms with Crippen LogP contribution >= 0.6 is 0 Å². The number of amides is 1. The van der Waals surface area contributed by atoms with E-state index in [0.717, 1.165) is 24.3 Å². The highest BCUT2D eigenvalue weighted by atomic mass is 32.2. The zero-order chi connectivity index (χ0) is 22.5. The number of alkyl halides is 2. The molecule has 1 amide bonds. The Kier molecular flexibility index (Phi) is 7.82. The summed E-state index contributed by atoms with van der Waals surface area (Å²) in [6.07, 6.45) is -3.06. The third-order valence-electron chi connectivity index (χ3n) is 3.99. The van der Waals surface area contributed by atoms with Crippen LogP contribution in [0.4, 0.5) is 18.9 Å². The van der Waals surface area contributed by atoms with E-state index >= 15 is 0 Å². The van der Waals surface area contributed by atoms with Crippen LogP contribution < -0.4 is 14.8 Å². The van der Waals surface area contributed by atoms with E-state index in [0.29, 0.717) is 0 Å². The van der Waals surface area contributed by atoms with Crippen LogP contribution in [0.25, 0.3) is 0 Å². The Morgan fingerprint density at radius 1 is 1.13 bits per heavy atom. The van der Waals surface area contributed by atoms with Gasteiger partial charge in [-0.15, -0.1) is 0 Å². The number of benzene rings is 2. The van der Waals surface area contributed by atoms with Gasteiger partial charge in [0.25, 0.3) is 12.3 Å². The summed E-state index contributed by atoms with van der Waals surface area (Å²) in [7, 11) is -1.26. The largest absolute Gasteiger partial charge is 0.496 e. The smallest absolute Gasteiger partial charge is 0.266 e. The molecule has 11 heteroatoms. The van der Waals surface area contributed by atoms with Crippen molar-refractivity contribution in [3.05, 3.63) is 53.3 Å². The first-order chi connectivity index (χ1) is 14.1. The number of ether oxygens (including phenoxy) is 2. The lowest BCUT2D eigenvalue weighted by Gasteiger charge is -2.15. The maximum absolute atomic E-state index is 13.4. The van der Waals surface area contributed by atoms with Crippen LogP contribution in [0, 0.1) is 5.82 Å². The number of carbonyl (C=O) groups excluding carboxylic acids is 1. The van der Waals surface area contributed by atoms with Gasteiger partial charge in [0.15, 0.2) is 0 Å². The van der Waals surface area contributed by atoms with Crippen molar-refractivity contribution in [1.82, 2.24) is 4.72 Å². The van der Waals surface area contributed by atoms with E-state index in [4.69, 9.17) is 9.47 Å². The normalized spacial score (nSPS) is 12.6. The Labute approximate surface area is 172 Å². The molecule has 0 saturated carbocycles.